The molecule has 0 radical (unpaired) electrons. The molecule has 1 aliphatic rings. The lowest BCUT2D eigenvalue weighted by Gasteiger charge is -2.15. The number of hydrogen-bond acceptors (Lipinski definition) is 7. The molecule has 1 atom stereocenters. The molecule has 0 aliphatic carbocycles. The van der Waals surface area contributed by atoms with Gasteiger partial charge in [0.25, 0.3) is 0 Å². The molecule has 9 nitrogen and oxygen atoms in total. The van der Waals surface area contributed by atoms with Crippen LogP contribution in [-0.4, -0.2) is 49.2 Å². The van der Waals surface area contributed by atoms with Crippen LogP contribution >= 0.6 is 11.3 Å². The Morgan fingerprint density at radius 2 is 1.84 bits per heavy atom. The van der Waals surface area contributed by atoms with E-state index in [4.69, 9.17) is 9.97 Å². The number of carbonyl (C=O) groups is 2. The van der Waals surface area contributed by atoms with Crippen molar-refractivity contribution < 1.29 is 9.59 Å². The van der Waals surface area contributed by atoms with Gasteiger partial charge in [0.15, 0.2) is 0 Å². The third-order valence-corrected chi connectivity index (χ3v) is 8.89. The second kappa shape index (κ2) is 12.3. The van der Waals surface area contributed by atoms with Crippen LogP contribution in [0, 0.1) is 0 Å². The molecule has 0 spiro atoms. The normalized spacial score (nSPS) is 14.5. The number of rotatable bonds is 8. The minimum atomic E-state index is -0.0653. The highest BCUT2D eigenvalue weighted by atomic mass is 32.1. The molecular formula is C35H31N7O2S. The molecule has 224 valence electrons. The zero-order valence-electron chi connectivity index (χ0n) is 24.7. The number of aromatic nitrogens is 4. The lowest BCUT2D eigenvalue weighted by molar-refractivity contribution is -0.127. The zero-order valence-corrected chi connectivity index (χ0v) is 25.5. The number of nitrogens with one attached hydrogen (secondary N) is 2. The summed E-state index contributed by atoms with van der Waals surface area (Å²) in [6.45, 7) is 3.15. The Bertz CT molecular complexity index is 2000. The van der Waals surface area contributed by atoms with Gasteiger partial charge in [0, 0.05) is 60.1 Å². The largest absolute Gasteiger partial charge is 0.342 e. The number of benzene rings is 2. The fourth-order valence-electron chi connectivity index (χ4n) is 5.83. The fourth-order valence-corrected chi connectivity index (χ4v) is 6.53. The van der Waals surface area contributed by atoms with Crippen LogP contribution < -0.4 is 10.6 Å². The van der Waals surface area contributed by atoms with E-state index < -0.39 is 0 Å². The first kappa shape index (κ1) is 28.4. The minimum Gasteiger partial charge on any atom is -0.342 e. The number of imidazole rings is 1. The van der Waals surface area contributed by atoms with Crippen LogP contribution in [0.15, 0.2) is 103 Å². The molecule has 1 fully saturated rings. The van der Waals surface area contributed by atoms with Gasteiger partial charge in [-0.25, -0.2) is 15.0 Å². The van der Waals surface area contributed by atoms with Crippen LogP contribution in [0.4, 0.5) is 17.3 Å². The highest BCUT2D eigenvalue weighted by molar-refractivity contribution is 7.10. The summed E-state index contributed by atoms with van der Waals surface area (Å²) in [4.78, 5) is 41.9. The van der Waals surface area contributed by atoms with Gasteiger partial charge < -0.3 is 15.5 Å². The number of thiophene rings is 1. The number of hydrogen-bond donors (Lipinski definition) is 2. The summed E-state index contributed by atoms with van der Waals surface area (Å²) in [7, 11) is 0. The van der Waals surface area contributed by atoms with Gasteiger partial charge in [-0.2, -0.15) is 0 Å². The SMILES string of the molecule is CC(=O)N1CCC(c2cccc(Nc3nccc(-c4c(-c5cccc(NC(=O)Cc6cccs6)c5)nc5ccccn45)n3)c2)C1. The summed E-state index contributed by atoms with van der Waals surface area (Å²) in [5, 5.41) is 8.38. The Kier molecular flexibility index (Phi) is 7.79. The van der Waals surface area contributed by atoms with E-state index in [0.29, 0.717) is 29.7 Å². The number of likely N-dealkylation sites (tertiary alicyclic amines) is 1. The standard InChI is InChI=1S/C35H31N7O2S/c1-23(43)41-17-14-26(22-41)24-7-4-10-28(19-24)38-35-36-15-13-30(39-35)34-33(40-31-12-2-3-16-42(31)34)25-8-5-9-27(20-25)37-32(44)21-29-11-6-18-45-29/h2-13,15-16,18-20,26H,14,17,21-22H2,1H3,(H,37,44)(H,36,38,39). The van der Waals surface area contributed by atoms with E-state index in [9.17, 15) is 9.59 Å². The van der Waals surface area contributed by atoms with E-state index in [1.165, 1.54) is 5.56 Å². The molecular weight excluding hydrogens is 582 g/mol. The highest BCUT2D eigenvalue weighted by Gasteiger charge is 2.25. The third-order valence-electron chi connectivity index (χ3n) is 8.01. The van der Waals surface area contributed by atoms with Gasteiger partial charge in [-0.1, -0.05) is 36.4 Å². The van der Waals surface area contributed by atoms with Gasteiger partial charge in [-0.05, 0) is 65.9 Å². The van der Waals surface area contributed by atoms with E-state index >= 15 is 0 Å². The molecule has 0 saturated carbocycles. The van der Waals surface area contributed by atoms with Crippen LogP contribution in [0.2, 0.25) is 0 Å². The molecule has 5 heterocycles. The predicted octanol–water partition coefficient (Wildman–Crippen LogP) is 6.78. The Labute approximate surface area is 264 Å². The first-order chi connectivity index (χ1) is 22.0. The predicted molar refractivity (Wildman–Crippen MR) is 178 cm³/mol. The molecule has 0 bridgehead atoms. The maximum atomic E-state index is 12.7. The van der Waals surface area contributed by atoms with Gasteiger partial charge in [0.2, 0.25) is 17.8 Å². The molecule has 2 amide bonds. The fraction of sp³-hybridized carbons (Fsp3) is 0.171. The Balaban J connectivity index is 1.18. The van der Waals surface area contributed by atoms with E-state index in [-0.39, 0.29) is 11.8 Å². The van der Waals surface area contributed by atoms with Crippen LogP contribution in [-0.2, 0) is 16.0 Å². The van der Waals surface area contributed by atoms with Crippen molar-refractivity contribution in [2.45, 2.75) is 25.7 Å². The summed E-state index contributed by atoms with van der Waals surface area (Å²) in [6, 6.07) is 27.6. The average Bonchev–Trinajstić information content (AvgIpc) is 3.82. The van der Waals surface area contributed by atoms with E-state index in [0.717, 1.165) is 52.7 Å². The molecule has 1 saturated heterocycles. The van der Waals surface area contributed by atoms with Crippen molar-refractivity contribution >= 4 is 46.1 Å². The number of amides is 2. The van der Waals surface area contributed by atoms with Crippen molar-refractivity contribution in [1.29, 1.82) is 0 Å². The molecule has 45 heavy (non-hydrogen) atoms. The number of pyridine rings is 1. The Morgan fingerprint density at radius 1 is 0.956 bits per heavy atom. The summed E-state index contributed by atoms with van der Waals surface area (Å²) >= 11 is 1.57. The van der Waals surface area contributed by atoms with Gasteiger partial charge in [0.1, 0.15) is 5.65 Å². The van der Waals surface area contributed by atoms with Crippen molar-refractivity contribution in [3.63, 3.8) is 0 Å². The zero-order chi connectivity index (χ0) is 30.8. The molecule has 2 aromatic carbocycles. The molecule has 1 unspecified atom stereocenters. The van der Waals surface area contributed by atoms with Crippen LogP contribution in [0.1, 0.15) is 29.7 Å². The second-order valence-corrected chi connectivity index (χ2v) is 12.1. The van der Waals surface area contributed by atoms with Crippen molar-refractivity contribution in [3.05, 3.63) is 113 Å². The topological polar surface area (TPSA) is 105 Å². The molecule has 2 N–H and O–H groups in total. The maximum absolute atomic E-state index is 12.7. The van der Waals surface area contributed by atoms with E-state index in [2.05, 4.69) is 27.8 Å². The second-order valence-electron chi connectivity index (χ2n) is 11.1. The summed E-state index contributed by atoms with van der Waals surface area (Å²) in [5.41, 5.74) is 6.70. The number of carbonyl (C=O) groups excluding carboxylic acids is 2. The number of fused-ring (bicyclic) bond motifs is 1. The quantitative estimate of drug-likeness (QED) is 0.196. The molecule has 7 rings (SSSR count). The van der Waals surface area contributed by atoms with Crippen molar-refractivity contribution in [2.24, 2.45) is 0 Å². The van der Waals surface area contributed by atoms with Crippen LogP contribution in [0.5, 0.6) is 0 Å². The molecule has 1 aliphatic heterocycles. The molecule has 6 aromatic rings. The van der Waals surface area contributed by atoms with E-state index in [1.807, 2.05) is 93.7 Å². The summed E-state index contributed by atoms with van der Waals surface area (Å²) in [5.74, 6) is 0.826. The lowest BCUT2D eigenvalue weighted by Crippen LogP contribution is -2.25. The van der Waals surface area contributed by atoms with Crippen molar-refractivity contribution in [2.75, 3.05) is 23.7 Å². The smallest absolute Gasteiger partial charge is 0.229 e. The third kappa shape index (κ3) is 6.18. The maximum Gasteiger partial charge on any atom is 0.229 e. The van der Waals surface area contributed by atoms with Gasteiger partial charge >= 0.3 is 0 Å². The van der Waals surface area contributed by atoms with Crippen LogP contribution in [0.25, 0.3) is 28.3 Å². The van der Waals surface area contributed by atoms with Gasteiger partial charge in [0.05, 0.1) is 23.5 Å². The monoisotopic (exact) mass is 613 g/mol. The lowest BCUT2D eigenvalue weighted by atomic mass is 9.98. The Morgan fingerprint density at radius 3 is 2.69 bits per heavy atom. The van der Waals surface area contributed by atoms with Gasteiger partial charge in [-0.3, -0.25) is 14.0 Å². The summed E-state index contributed by atoms with van der Waals surface area (Å²) in [6.07, 6.45) is 4.99. The van der Waals surface area contributed by atoms with E-state index in [1.54, 1.807) is 24.5 Å². The first-order valence-electron chi connectivity index (χ1n) is 14.9. The Hall–Kier alpha value is -5.35. The average molecular weight is 614 g/mol. The molecule has 4 aromatic heterocycles. The number of anilines is 3. The first-order valence-corrected chi connectivity index (χ1v) is 15.7. The minimum absolute atomic E-state index is 0.0653. The molecule has 10 heteroatoms. The van der Waals surface area contributed by atoms with Gasteiger partial charge in [-0.15, -0.1) is 11.3 Å². The van der Waals surface area contributed by atoms with Crippen molar-refractivity contribution in [3.8, 4) is 22.6 Å². The van der Waals surface area contributed by atoms with Crippen LogP contribution in [0.3, 0.4) is 0 Å². The highest BCUT2D eigenvalue weighted by Crippen LogP contribution is 2.34. The number of nitrogens with zero attached hydrogens (tertiary/aromatic N) is 5. The van der Waals surface area contributed by atoms with Crippen molar-refractivity contribution in [1.82, 2.24) is 24.3 Å². The summed E-state index contributed by atoms with van der Waals surface area (Å²) < 4.78 is 2.02.